The van der Waals surface area contributed by atoms with Crippen LogP contribution in [0.1, 0.15) is 46.5 Å². The van der Waals surface area contributed by atoms with Gasteiger partial charge in [0.1, 0.15) is 0 Å². The molecule has 1 rings (SSSR count). The van der Waals surface area contributed by atoms with Crippen LogP contribution in [0.15, 0.2) is 0 Å². The van der Waals surface area contributed by atoms with Crippen LogP contribution < -0.4 is 5.32 Å². The van der Waals surface area contributed by atoms with Crippen LogP contribution in [0.25, 0.3) is 0 Å². The fraction of sp³-hybridized carbons (Fsp3) is 0.917. The monoisotopic (exact) mass is 275 g/mol. The van der Waals surface area contributed by atoms with Gasteiger partial charge in [0.25, 0.3) is 0 Å². The van der Waals surface area contributed by atoms with E-state index >= 15 is 0 Å². The van der Waals surface area contributed by atoms with Crippen LogP contribution in [0.5, 0.6) is 0 Å². The van der Waals surface area contributed by atoms with E-state index in [0.29, 0.717) is 17.9 Å². The van der Waals surface area contributed by atoms with Gasteiger partial charge in [-0.3, -0.25) is 4.79 Å². The van der Waals surface area contributed by atoms with Crippen LogP contribution in [-0.4, -0.2) is 16.8 Å². The van der Waals surface area contributed by atoms with E-state index in [9.17, 15) is 4.79 Å². The lowest BCUT2D eigenvalue weighted by atomic mass is 9.86. The lowest BCUT2D eigenvalue weighted by molar-refractivity contribution is -0.122. The Bertz CT molecular complexity index is 218. The highest BCUT2D eigenvalue weighted by Crippen LogP contribution is 2.24. The predicted octanol–water partition coefficient (Wildman–Crippen LogP) is 3.10. The predicted molar refractivity (Wildman–Crippen MR) is 67.1 cm³/mol. The Morgan fingerprint density at radius 3 is 2.47 bits per heavy atom. The number of amides is 1. The molecule has 1 N–H and O–H groups in total. The largest absolute Gasteiger partial charge is 0.352 e. The Balaban J connectivity index is 2.42. The van der Waals surface area contributed by atoms with Gasteiger partial charge in [0, 0.05) is 6.04 Å². The number of rotatable bonds is 3. The summed E-state index contributed by atoms with van der Waals surface area (Å²) in [6.45, 7) is 6.36. The molecule has 2 nitrogen and oxygen atoms in total. The summed E-state index contributed by atoms with van der Waals surface area (Å²) in [5.74, 6) is 1.14. The van der Waals surface area contributed by atoms with Crippen molar-refractivity contribution in [2.45, 2.75) is 57.3 Å². The fourth-order valence-corrected chi connectivity index (χ4v) is 2.23. The third kappa shape index (κ3) is 3.78. The summed E-state index contributed by atoms with van der Waals surface area (Å²) < 4.78 is 0. The number of carbonyl (C=O) groups excluding carboxylic acids is 1. The highest BCUT2D eigenvalue weighted by Gasteiger charge is 2.26. The summed E-state index contributed by atoms with van der Waals surface area (Å²) in [7, 11) is 0. The summed E-state index contributed by atoms with van der Waals surface area (Å²) in [6, 6.07) is 0.394. The molecule has 1 saturated carbocycles. The molecule has 0 aliphatic heterocycles. The molecule has 1 aliphatic carbocycles. The van der Waals surface area contributed by atoms with E-state index in [1.165, 1.54) is 19.3 Å². The van der Waals surface area contributed by atoms with Crippen LogP contribution >= 0.6 is 15.9 Å². The second-order valence-electron chi connectivity index (χ2n) is 5.02. The number of hydrogen-bond acceptors (Lipinski definition) is 1. The zero-order valence-electron chi connectivity index (χ0n) is 9.92. The zero-order valence-corrected chi connectivity index (χ0v) is 11.5. The molecule has 0 aromatic heterocycles. The Labute approximate surface area is 101 Å². The van der Waals surface area contributed by atoms with Crippen molar-refractivity contribution in [3.8, 4) is 0 Å². The van der Waals surface area contributed by atoms with Crippen molar-refractivity contribution in [3.63, 3.8) is 0 Å². The van der Waals surface area contributed by atoms with Crippen LogP contribution in [0, 0.1) is 11.8 Å². The number of nitrogens with one attached hydrogen (secondary N) is 1. The first-order valence-corrected chi connectivity index (χ1v) is 6.88. The lowest BCUT2D eigenvalue weighted by Crippen LogP contribution is -2.45. The molecule has 0 spiro atoms. The molecule has 1 fully saturated rings. The minimum atomic E-state index is -0.0494. The third-order valence-electron chi connectivity index (χ3n) is 3.27. The van der Waals surface area contributed by atoms with Crippen LogP contribution in [0.2, 0.25) is 0 Å². The van der Waals surface area contributed by atoms with E-state index in [2.05, 4.69) is 42.0 Å². The van der Waals surface area contributed by atoms with Gasteiger partial charge in [0.2, 0.25) is 5.91 Å². The van der Waals surface area contributed by atoms with Crippen molar-refractivity contribution in [3.05, 3.63) is 0 Å². The van der Waals surface area contributed by atoms with Gasteiger partial charge >= 0.3 is 0 Å². The molecule has 3 heteroatoms. The SMILES string of the molecule is CC(C)[C@H](Br)C(=O)N[C@@H]1CCCC[C@@H]1C. The summed E-state index contributed by atoms with van der Waals surface area (Å²) in [6.07, 6.45) is 4.96. The van der Waals surface area contributed by atoms with E-state index in [-0.39, 0.29) is 10.7 Å². The first-order chi connectivity index (χ1) is 7.02. The summed E-state index contributed by atoms with van der Waals surface area (Å²) >= 11 is 3.44. The zero-order chi connectivity index (χ0) is 11.4. The van der Waals surface area contributed by atoms with Gasteiger partial charge in [-0.1, -0.05) is 49.5 Å². The highest BCUT2D eigenvalue weighted by molar-refractivity contribution is 9.10. The molecule has 0 aromatic rings. The molecule has 0 bridgehead atoms. The summed E-state index contributed by atoms with van der Waals surface area (Å²) in [4.78, 5) is 11.8. The van der Waals surface area contributed by atoms with Crippen molar-refractivity contribution < 1.29 is 4.79 Å². The van der Waals surface area contributed by atoms with Gasteiger partial charge in [-0.25, -0.2) is 0 Å². The Kier molecular flexibility index (Phi) is 5.10. The summed E-state index contributed by atoms with van der Waals surface area (Å²) in [5.41, 5.74) is 0. The molecule has 0 saturated heterocycles. The van der Waals surface area contributed by atoms with Crippen LogP contribution in [0.4, 0.5) is 0 Å². The van der Waals surface area contributed by atoms with Crippen molar-refractivity contribution in [1.29, 1.82) is 0 Å². The highest BCUT2D eigenvalue weighted by atomic mass is 79.9. The molecule has 0 aromatic carbocycles. The Morgan fingerprint density at radius 2 is 1.93 bits per heavy atom. The molecular formula is C12H22BrNO. The molecule has 1 aliphatic rings. The Morgan fingerprint density at radius 1 is 1.33 bits per heavy atom. The molecule has 1 amide bonds. The molecule has 3 atom stereocenters. The smallest absolute Gasteiger partial charge is 0.234 e. The average molecular weight is 276 g/mol. The normalized spacial score (nSPS) is 28.9. The van der Waals surface area contributed by atoms with Gasteiger partial charge in [-0.15, -0.1) is 0 Å². The average Bonchev–Trinajstić information content (AvgIpc) is 2.20. The van der Waals surface area contributed by atoms with E-state index in [1.807, 2.05) is 0 Å². The topological polar surface area (TPSA) is 29.1 Å². The van der Waals surface area contributed by atoms with Crippen molar-refractivity contribution in [2.75, 3.05) is 0 Å². The summed E-state index contributed by atoms with van der Waals surface area (Å²) in [5, 5.41) is 3.16. The van der Waals surface area contributed by atoms with Crippen LogP contribution in [0.3, 0.4) is 0 Å². The van der Waals surface area contributed by atoms with Crippen LogP contribution in [-0.2, 0) is 4.79 Å². The van der Waals surface area contributed by atoms with Gasteiger partial charge in [-0.2, -0.15) is 0 Å². The quantitative estimate of drug-likeness (QED) is 0.788. The van der Waals surface area contributed by atoms with E-state index in [1.54, 1.807) is 0 Å². The first kappa shape index (κ1) is 13.0. The van der Waals surface area contributed by atoms with Gasteiger partial charge < -0.3 is 5.32 Å². The molecule has 0 heterocycles. The van der Waals surface area contributed by atoms with Crippen molar-refractivity contribution in [1.82, 2.24) is 5.32 Å². The van der Waals surface area contributed by atoms with E-state index in [4.69, 9.17) is 0 Å². The van der Waals surface area contributed by atoms with Crippen molar-refractivity contribution in [2.24, 2.45) is 11.8 Å². The van der Waals surface area contributed by atoms with E-state index < -0.39 is 0 Å². The number of halogens is 1. The molecular weight excluding hydrogens is 254 g/mol. The van der Waals surface area contributed by atoms with Crippen molar-refractivity contribution >= 4 is 21.8 Å². The Hall–Kier alpha value is -0.0500. The fourth-order valence-electron chi connectivity index (χ4n) is 2.10. The van der Waals surface area contributed by atoms with Gasteiger partial charge in [0.05, 0.1) is 4.83 Å². The number of hydrogen-bond donors (Lipinski definition) is 1. The second kappa shape index (κ2) is 5.88. The molecule has 0 radical (unpaired) electrons. The third-order valence-corrected chi connectivity index (χ3v) is 4.75. The van der Waals surface area contributed by atoms with Gasteiger partial charge in [-0.05, 0) is 24.7 Å². The first-order valence-electron chi connectivity index (χ1n) is 5.96. The molecule has 0 unspecified atom stereocenters. The second-order valence-corrected chi connectivity index (χ2v) is 6.01. The maximum absolute atomic E-state index is 11.8. The maximum Gasteiger partial charge on any atom is 0.234 e. The molecule has 15 heavy (non-hydrogen) atoms. The number of alkyl halides is 1. The minimum absolute atomic E-state index is 0.0494. The lowest BCUT2D eigenvalue weighted by Gasteiger charge is -2.30. The van der Waals surface area contributed by atoms with Gasteiger partial charge in [0.15, 0.2) is 0 Å². The standard InChI is InChI=1S/C12H22BrNO/c1-8(2)11(13)12(15)14-10-7-5-4-6-9(10)3/h8-11H,4-7H2,1-3H3,(H,14,15)/t9-,10+,11-/m0/s1. The van der Waals surface area contributed by atoms with E-state index in [0.717, 1.165) is 6.42 Å². The minimum Gasteiger partial charge on any atom is -0.352 e. The maximum atomic E-state index is 11.8. The molecule has 88 valence electrons. The number of carbonyl (C=O) groups is 1.